The largest absolute Gasteiger partial charge is 0.394 e. The number of carbonyl (C=O) groups excluding carboxylic acids is 1. The zero-order valence-electron chi connectivity index (χ0n) is 45.5. The summed E-state index contributed by atoms with van der Waals surface area (Å²) >= 11 is 0. The molecule has 1 aliphatic rings. The van der Waals surface area contributed by atoms with Crippen LogP contribution in [0, 0.1) is 0 Å². The quantitative estimate of drug-likeness (QED) is 0.0215. The number of hydrogen-bond donors (Lipinski definition) is 8. The maximum Gasteiger partial charge on any atom is 0.249 e. The molecule has 0 spiro atoms. The molecule has 0 bridgehead atoms. The van der Waals surface area contributed by atoms with Gasteiger partial charge in [0.2, 0.25) is 5.91 Å². The van der Waals surface area contributed by atoms with Crippen molar-refractivity contribution in [1.82, 2.24) is 5.32 Å². The van der Waals surface area contributed by atoms with Crippen LogP contribution < -0.4 is 5.32 Å². The first-order valence-electron chi connectivity index (χ1n) is 30.1. The van der Waals surface area contributed by atoms with E-state index in [9.17, 15) is 40.5 Å². The number of carbonyl (C=O) groups is 1. The Morgan fingerprint density at radius 3 is 1.23 bits per heavy atom. The van der Waals surface area contributed by atoms with Crippen LogP contribution in [0.25, 0.3) is 0 Å². The molecule has 1 aliphatic heterocycles. The summed E-state index contributed by atoms with van der Waals surface area (Å²) in [6.07, 6.45) is 45.6. The van der Waals surface area contributed by atoms with Crippen LogP contribution >= 0.6 is 0 Å². The van der Waals surface area contributed by atoms with Gasteiger partial charge in [-0.15, -0.1) is 0 Å². The molecule has 1 rings (SSSR count). The van der Waals surface area contributed by atoms with Crippen LogP contribution in [0.1, 0.15) is 290 Å². The lowest BCUT2D eigenvalue weighted by atomic mass is 9.98. The van der Waals surface area contributed by atoms with Crippen molar-refractivity contribution in [3.63, 3.8) is 0 Å². The van der Waals surface area contributed by atoms with Crippen molar-refractivity contribution in [3.8, 4) is 0 Å². The molecule has 0 saturated carbocycles. The second kappa shape index (κ2) is 48.8. The lowest BCUT2D eigenvalue weighted by Crippen LogP contribution is -2.60. The van der Waals surface area contributed by atoms with E-state index < -0.39 is 74.2 Å². The first kappa shape index (κ1) is 66.9. The number of allylic oxidation sites excluding steroid dienone is 2. The first-order valence-corrected chi connectivity index (χ1v) is 30.1. The molecule has 1 heterocycles. The third-order valence-electron chi connectivity index (χ3n) is 14.8. The molecule has 1 amide bonds. The Morgan fingerprint density at radius 1 is 0.486 bits per heavy atom. The molecule has 416 valence electrons. The minimum absolute atomic E-state index is 0.260. The molecule has 9 unspecified atom stereocenters. The Bertz CT molecular complexity index is 1140. The molecule has 1 fully saturated rings. The van der Waals surface area contributed by atoms with E-state index in [2.05, 4.69) is 31.3 Å². The second-order valence-corrected chi connectivity index (χ2v) is 21.4. The number of nitrogens with one attached hydrogen (secondary N) is 1. The SMILES string of the molecule is CCCCCCCCCCCCCCC/C=C/CCCC(O)C(O)C(COC1OC(CO)C(O)C(O)C1O)NC(=O)C(O)CCCCCCCCCCCCCCCCCCCCCCCCCCC. The van der Waals surface area contributed by atoms with Gasteiger partial charge in [0.1, 0.15) is 36.6 Å². The molecule has 70 heavy (non-hydrogen) atoms. The first-order chi connectivity index (χ1) is 34.2. The minimum atomic E-state index is -1.66. The second-order valence-electron chi connectivity index (χ2n) is 21.4. The van der Waals surface area contributed by atoms with Crippen LogP contribution in [0.15, 0.2) is 12.2 Å². The third kappa shape index (κ3) is 36.7. The summed E-state index contributed by atoms with van der Waals surface area (Å²) < 4.78 is 11.1. The molecule has 8 N–H and O–H groups in total. The Morgan fingerprint density at radius 2 is 0.843 bits per heavy atom. The molecule has 0 aromatic heterocycles. The normalized spacial score (nSPS) is 20.3. The van der Waals surface area contributed by atoms with Crippen LogP contribution in [0.2, 0.25) is 0 Å². The third-order valence-corrected chi connectivity index (χ3v) is 14.8. The van der Waals surface area contributed by atoms with Gasteiger partial charge < -0.3 is 50.5 Å². The fourth-order valence-electron chi connectivity index (χ4n) is 9.92. The van der Waals surface area contributed by atoms with Crippen molar-refractivity contribution < 1.29 is 50.0 Å². The molecule has 0 aromatic rings. The molecule has 11 heteroatoms. The summed E-state index contributed by atoms with van der Waals surface area (Å²) in [4.78, 5) is 13.2. The summed E-state index contributed by atoms with van der Waals surface area (Å²) in [5.74, 6) is -0.700. The zero-order chi connectivity index (χ0) is 51.1. The molecular weight excluding hydrogens is 883 g/mol. The van der Waals surface area contributed by atoms with Crippen molar-refractivity contribution in [2.24, 2.45) is 0 Å². The highest BCUT2D eigenvalue weighted by atomic mass is 16.7. The van der Waals surface area contributed by atoms with Crippen LogP contribution in [-0.2, 0) is 14.3 Å². The average molecular weight is 999 g/mol. The van der Waals surface area contributed by atoms with E-state index in [1.807, 2.05) is 0 Å². The fourth-order valence-corrected chi connectivity index (χ4v) is 9.92. The summed E-state index contributed by atoms with van der Waals surface area (Å²) in [6, 6.07) is -1.18. The number of unbranched alkanes of at least 4 members (excludes halogenated alkanes) is 38. The highest BCUT2D eigenvalue weighted by Crippen LogP contribution is 2.23. The highest BCUT2D eigenvalue weighted by molar-refractivity contribution is 5.80. The van der Waals surface area contributed by atoms with Crippen LogP contribution in [0.5, 0.6) is 0 Å². The minimum Gasteiger partial charge on any atom is -0.394 e. The van der Waals surface area contributed by atoms with Crippen molar-refractivity contribution in [2.75, 3.05) is 13.2 Å². The average Bonchev–Trinajstić information content (AvgIpc) is 3.36. The van der Waals surface area contributed by atoms with E-state index >= 15 is 0 Å². The summed E-state index contributed by atoms with van der Waals surface area (Å²) in [5, 5.41) is 76.1. The molecule has 0 radical (unpaired) electrons. The Hall–Kier alpha value is -1.15. The monoisotopic (exact) mass is 998 g/mol. The van der Waals surface area contributed by atoms with E-state index in [0.29, 0.717) is 12.8 Å². The lowest BCUT2D eigenvalue weighted by molar-refractivity contribution is -0.303. The molecule has 0 aromatic carbocycles. The summed E-state index contributed by atoms with van der Waals surface area (Å²) in [6.45, 7) is 3.48. The van der Waals surface area contributed by atoms with E-state index in [4.69, 9.17) is 9.47 Å². The van der Waals surface area contributed by atoms with Crippen molar-refractivity contribution in [3.05, 3.63) is 12.2 Å². The van der Waals surface area contributed by atoms with E-state index in [1.54, 1.807) is 0 Å². The number of amides is 1. The number of hydrogen-bond acceptors (Lipinski definition) is 10. The maximum absolute atomic E-state index is 13.2. The van der Waals surface area contributed by atoms with Crippen LogP contribution in [0.3, 0.4) is 0 Å². The van der Waals surface area contributed by atoms with Gasteiger partial charge in [-0.3, -0.25) is 4.79 Å². The number of rotatable bonds is 52. The van der Waals surface area contributed by atoms with Gasteiger partial charge in [0, 0.05) is 0 Å². The standard InChI is InChI=1S/C59H115NO10/c1-3-5-7-9-11-13-15-17-19-21-23-24-25-26-27-28-29-31-33-35-37-39-41-43-45-47-52(63)58(68)60-50(49-69-59-57(67)56(66)55(65)53(48-61)70-59)54(64)51(62)46-44-42-40-38-36-34-32-30-22-20-18-16-14-12-10-8-6-4-2/h38,40,50-57,59,61-67H,3-37,39,41-49H2,1-2H3,(H,60,68)/b40-38+. The lowest BCUT2D eigenvalue weighted by Gasteiger charge is -2.40. The zero-order valence-corrected chi connectivity index (χ0v) is 45.5. The van der Waals surface area contributed by atoms with E-state index in [-0.39, 0.29) is 12.8 Å². The molecule has 0 aliphatic carbocycles. The summed E-state index contributed by atoms with van der Waals surface area (Å²) in [5.41, 5.74) is 0. The van der Waals surface area contributed by atoms with Crippen LogP contribution in [0.4, 0.5) is 0 Å². The van der Waals surface area contributed by atoms with Gasteiger partial charge in [-0.05, 0) is 38.5 Å². The van der Waals surface area contributed by atoms with Gasteiger partial charge >= 0.3 is 0 Å². The van der Waals surface area contributed by atoms with Gasteiger partial charge in [-0.2, -0.15) is 0 Å². The molecule has 11 nitrogen and oxygen atoms in total. The van der Waals surface area contributed by atoms with E-state index in [1.165, 1.54) is 212 Å². The van der Waals surface area contributed by atoms with Crippen molar-refractivity contribution in [2.45, 2.75) is 345 Å². The maximum atomic E-state index is 13.2. The van der Waals surface area contributed by atoms with Crippen LogP contribution in [-0.4, -0.2) is 110 Å². The Balaban J connectivity index is 2.28. The van der Waals surface area contributed by atoms with Gasteiger partial charge in [0.15, 0.2) is 6.29 Å². The number of aliphatic hydroxyl groups is 7. The number of ether oxygens (including phenoxy) is 2. The van der Waals surface area contributed by atoms with Gasteiger partial charge in [0.05, 0.1) is 25.4 Å². The molecular formula is C59H115NO10. The fraction of sp³-hybridized carbons (Fsp3) is 0.949. The van der Waals surface area contributed by atoms with Gasteiger partial charge in [-0.1, -0.05) is 264 Å². The Kier molecular flexibility index (Phi) is 46.6. The van der Waals surface area contributed by atoms with E-state index in [0.717, 1.165) is 38.5 Å². The molecule has 9 atom stereocenters. The molecule has 1 saturated heterocycles. The van der Waals surface area contributed by atoms with Crippen molar-refractivity contribution in [1.29, 1.82) is 0 Å². The highest BCUT2D eigenvalue weighted by Gasteiger charge is 2.44. The topological polar surface area (TPSA) is 189 Å². The Labute approximate surface area is 430 Å². The number of aliphatic hydroxyl groups excluding tert-OH is 7. The predicted octanol–water partition coefficient (Wildman–Crippen LogP) is 12.7. The van der Waals surface area contributed by atoms with Gasteiger partial charge in [-0.25, -0.2) is 0 Å². The van der Waals surface area contributed by atoms with Gasteiger partial charge in [0.25, 0.3) is 0 Å². The summed E-state index contributed by atoms with van der Waals surface area (Å²) in [7, 11) is 0. The smallest absolute Gasteiger partial charge is 0.249 e. The predicted molar refractivity (Wildman–Crippen MR) is 289 cm³/mol. The van der Waals surface area contributed by atoms with Crippen molar-refractivity contribution >= 4 is 5.91 Å².